The molecule has 0 saturated heterocycles. The number of para-hydroxylation sites is 1. The normalized spacial score (nSPS) is 13.2. The Labute approximate surface area is 111 Å². The van der Waals surface area contributed by atoms with Gasteiger partial charge in [-0.15, -0.1) is 0 Å². The molecule has 0 atom stereocenters. The fraction of sp³-hybridized carbons (Fsp3) is 0.167. The highest BCUT2D eigenvalue weighted by Crippen LogP contribution is 2.39. The third-order valence-electron chi connectivity index (χ3n) is 2.93. The van der Waals surface area contributed by atoms with Crippen LogP contribution in [0.2, 0.25) is 0 Å². The number of amides is 1. The predicted molar refractivity (Wildman–Crippen MR) is 69.4 cm³/mol. The van der Waals surface area contributed by atoms with E-state index >= 15 is 0 Å². The summed E-state index contributed by atoms with van der Waals surface area (Å²) < 4.78 is 6.57. The number of fused-ring (bicyclic) bond motifs is 3. The van der Waals surface area contributed by atoms with Gasteiger partial charge in [0.05, 0.1) is 16.8 Å². The largest absolute Gasteiger partial charge is 0.491 e. The molecule has 6 heteroatoms. The van der Waals surface area contributed by atoms with Gasteiger partial charge >= 0.3 is 0 Å². The van der Waals surface area contributed by atoms with Gasteiger partial charge in [0.1, 0.15) is 11.4 Å². The summed E-state index contributed by atoms with van der Waals surface area (Å²) in [6.45, 7) is 0.489. The number of hydrogen-bond donors (Lipinski definition) is 2. The average molecular weight is 308 g/mol. The van der Waals surface area contributed by atoms with Gasteiger partial charge in [-0.25, -0.2) is 0 Å². The molecule has 0 unspecified atom stereocenters. The number of rotatable bonds is 1. The fourth-order valence-electron chi connectivity index (χ4n) is 2.13. The van der Waals surface area contributed by atoms with Crippen LogP contribution in [-0.2, 0) is 6.42 Å². The van der Waals surface area contributed by atoms with E-state index in [9.17, 15) is 4.79 Å². The molecule has 3 N–H and O–H groups in total. The number of benzene rings is 1. The van der Waals surface area contributed by atoms with Crippen LogP contribution in [0.1, 0.15) is 16.1 Å². The zero-order valence-corrected chi connectivity index (χ0v) is 11.0. The summed E-state index contributed by atoms with van der Waals surface area (Å²) in [4.78, 5) is 11.3. The first-order valence-corrected chi connectivity index (χ1v) is 6.26. The van der Waals surface area contributed by atoms with E-state index in [0.717, 1.165) is 27.0 Å². The summed E-state index contributed by atoms with van der Waals surface area (Å²) in [6, 6.07) is 5.72. The molecule has 0 fully saturated rings. The minimum atomic E-state index is -0.498. The van der Waals surface area contributed by atoms with Gasteiger partial charge in [-0.3, -0.25) is 9.89 Å². The molecule has 92 valence electrons. The molecule has 2 heterocycles. The predicted octanol–water partition coefficient (Wildman–Crippen LogP) is 1.87. The number of ether oxygens (including phenoxy) is 1. The minimum absolute atomic E-state index is 0.362. The Bertz CT molecular complexity index is 636. The van der Waals surface area contributed by atoms with E-state index in [1.807, 2.05) is 18.2 Å². The van der Waals surface area contributed by atoms with Crippen molar-refractivity contribution in [3.8, 4) is 17.0 Å². The van der Waals surface area contributed by atoms with Crippen molar-refractivity contribution in [3.63, 3.8) is 0 Å². The topological polar surface area (TPSA) is 81.0 Å². The zero-order valence-electron chi connectivity index (χ0n) is 9.37. The Hall–Kier alpha value is -1.82. The van der Waals surface area contributed by atoms with Gasteiger partial charge < -0.3 is 10.5 Å². The van der Waals surface area contributed by atoms with Crippen LogP contribution in [0.15, 0.2) is 22.7 Å². The van der Waals surface area contributed by atoms with Crippen LogP contribution < -0.4 is 10.5 Å². The lowest BCUT2D eigenvalue weighted by Gasteiger charge is -2.08. The second-order valence-electron chi connectivity index (χ2n) is 4.00. The number of aromatic amines is 1. The van der Waals surface area contributed by atoms with Gasteiger partial charge in [0.2, 0.25) is 0 Å². The molecule has 0 bridgehead atoms. The molecule has 2 aromatic rings. The number of nitrogens with one attached hydrogen (secondary N) is 1. The highest BCUT2D eigenvalue weighted by atomic mass is 79.9. The maximum atomic E-state index is 11.3. The van der Waals surface area contributed by atoms with Crippen molar-refractivity contribution >= 4 is 21.8 Å². The summed E-state index contributed by atoms with van der Waals surface area (Å²) in [5.74, 6) is 0.251. The van der Waals surface area contributed by atoms with E-state index in [1.54, 1.807) is 0 Å². The van der Waals surface area contributed by atoms with E-state index in [1.165, 1.54) is 0 Å². The van der Waals surface area contributed by atoms with Crippen molar-refractivity contribution in [1.29, 1.82) is 0 Å². The lowest BCUT2D eigenvalue weighted by atomic mass is 10.0. The molecule has 1 amide bonds. The Kier molecular flexibility index (Phi) is 2.59. The van der Waals surface area contributed by atoms with Crippen LogP contribution >= 0.6 is 15.9 Å². The fourth-order valence-corrected chi connectivity index (χ4v) is 2.61. The number of aromatic nitrogens is 2. The van der Waals surface area contributed by atoms with Crippen LogP contribution in [0.25, 0.3) is 11.3 Å². The number of nitrogens with two attached hydrogens (primary N) is 1. The maximum absolute atomic E-state index is 11.3. The quantitative estimate of drug-likeness (QED) is 0.844. The Morgan fingerprint density at radius 2 is 2.33 bits per heavy atom. The molecule has 1 aromatic carbocycles. The zero-order chi connectivity index (χ0) is 12.7. The molecule has 0 radical (unpaired) electrons. The van der Waals surface area contributed by atoms with E-state index < -0.39 is 5.91 Å². The van der Waals surface area contributed by atoms with Crippen LogP contribution in [0.5, 0.6) is 5.75 Å². The van der Waals surface area contributed by atoms with Crippen molar-refractivity contribution in [1.82, 2.24) is 10.2 Å². The van der Waals surface area contributed by atoms with Gasteiger partial charge in [-0.1, -0.05) is 6.07 Å². The van der Waals surface area contributed by atoms with Gasteiger partial charge in [-0.05, 0) is 28.1 Å². The van der Waals surface area contributed by atoms with E-state index in [2.05, 4.69) is 26.1 Å². The third kappa shape index (κ3) is 1.60. The molecule has 18 heavy (non-hydrogen) atoms. The van der Waals surface area contributed by atoms with E-state index in [4.69, 9.17) is 10.5 Å². The maximum Gasteiger partial charge on any atom is 0.267 e. The van der Waals surface area contributed by atoms with Crippen molar-refractivity contribution in [2.45, 2.75) is 6.42 Å². The molecular formula is C12H10BrN3O2. The van der Waals surface area contributed by atoms with Crippen molar-refractivity contribution in [2.24, 2.45) is 5.73 Å². The molecule has 1 aromatic heterocycles. The van der Waals surface area contributed by atoms with Crippen LogP contribution in [0.3, 0.4) is 0 Å². The molecule has 0 saturated carbocycles. The van der Waals surface area contributed by atoms with Crippen LogP contribution in [-0.4, -0.2) is 22.7 Å². The Morgan fingerprint density at radius 3 is 3.11 bits per heavy atom. The summed E-state index contributed by atoms with van der Waals surface area (Å²) in [5.41, 5.74) is 8.10. The van der Waals surface area contributed by atoms with Gasteiger partial charge in [-0.2, -0.15) is 5.10 Å². The van der Waals surface area contributed by atoms with Crippen LogP contribution in [0.4, 0.5) is 0 Å². The van der Waals surface area contributed by atoms with Crippen molar-refractivity contribution in [3.05, 3.63) is 33.9 Å². The second kappa shape index (κ2) is 4.13. The highest BCUT2D eigenvalue weighted by molar-refractivity contribution is 9.10. The number of hydrogen-bond acceptors (Lipinski definition) is 3. The first-order valence-electron chi connectivity index (χ1n) is 5.47. The molecular weight excluding hydrogens is 298 g/mol. The smallest absolute Gasteiger partial charge is 0.267 e. The Balaban J connectivity index is 2.26. The van der Waals surface area contributed by atoms with Gasteiger partial charge in [0.25, 0.3) is 5.91 Å². The molecule has 5 nitrogen and oxygen atoms in total. The van der Waals surface area contributed by atoms with Crippen LogP contribution in [0, 0.1) is 0 Å². The SMILES string of the molecule is NC(=O)c1[nH]nc2c1CCOc1c(Br)cccc1-2. The summed E-state index contributed by atoms with van der Waals surface area (Å²) in [5, 5.41) is 6.90. The first-order chi connectivity index (χ1) is 8.68. The average Bonchev–Trinajstić information content (AvgIpc) is 2.67. The summed E-state index contributed by atoms with van der Waals surface area (Å²) in [6.07, 6.45) is 0.602. The standard InChI is InChI=1S/C12H10BrN3O2/c13-8-3-1-2-7-9-6(4-5-18-11(7)8)10(12(14)17)16-15-9/h1-3H,4-5H2,(H2,14,17)(H,15,16). The number of carbonyl (C=O) groups excluding carboxylic acids is 1. The molecule has 0 spiro atoms. The molecule has 3 rings (SSSR count). The number of carbonyl (C=O) groups is 1. The molecule has 1 aliphatic heterocycles. The lowest BCUT2D eigenvalue weighted by Crippen LogP contribution is -2.14. The number of primary amides is 1. The number of H-pyrrole nitrogens is 1. The number of nitrogens with zero attached hydrogens (tertiary/aromatic N) is 1. The Morgan fingerprint density at radius 1 is 1.50 bits per heavy atom. The lowest BCUT2D eigenvalue weighted by molar-refractivity contribution is 0.0994. The molecule has 1 aliphatic rings. The number of halogens is 1. The summed E-state index contributed by atoms with van der Waals surface area (Å²) in [7, 11) is 0. The minimum Gasteiger partial charge on any atom is -0.491 e. The van der Waals surface area contributed by atoms with Crippen molar-refractivity contribution < 1.29 is 9.53 Å². The third-order valence-corrected chi connectivity index (χ3v) is 3.56. The van der Waals surface area contributed by atoms with Crippen molar-refractivity contribution in [2.75, 3.05) is 6.61 Å². The van der Waals surface area contributed by atoms with Gasteiger partial charge in [0, 0.05) is 17.5 Å². The van der Waals surface area contributed by atoms with E-state index in [0.29, 0.717) is 18.7 Å². The monoisotopic (exact) mass is 307 g/mol. The summed E-state index contributed by atoms with van der Waals surface area (Å²) >= 11 is 3.45. The second-order valence-corrected chi connectivity index (χ2v) is 4.86. The molecule has 0 aliphatic carbocycles. The highest BCUT2D eigenvalue weighted by Gasteiger charge is 2.24. The first kappa shape index (κ1) is 11.3. The van der Waals surface area contributed by atoms with Gasteiger partial charge in [0.15, 0.2) is 0 Å². The van der Waals surface area contributed by atoms with E-state index in [-0.39, 0.29) is 0 Å².